The number of phenols is 1. The molecule has 0 aromatic heterocycles. The van der Waals surface area contributed by atoms with Gasteiger partial charge in [0.05, 0.1) is 17.4 Å². The Morgan fingerprint density at radius 2 is 1.79 bits per heavy atom. The van der Waals surface area contributed by atoms with Crippen LogP contribution in [0.2, 0.25) is 0 Å². The molecular weight excluding hydrogens is 376 g/mol. The monoisotopic (exact) mass is 402 g/mol. The lowest BCUT2D eigenvalue weighted by Gasteiger charge is -2.29. The van der Waals surface area contributed by atoms with E-state index in [0.29, 0.717) is 11.1 Å². The lowest BCUT2D eigenvalue weighted by atomic mass is 9.98. The number of carbonyl (C=O) groups excluding carboxylic acids is 2. The fourth-order valence-corrected chi connectivity index (χ4v) is 4.13. The Morgan fingerprint density at radius 3 is 2.36 bits per heavy atom. The van der Waals surface area contributed by atoms with Crippen molar-refractivity contribution in [3.63, 3.8) is 0 Å². The molecule has 28 heavy (non-hydrogen) atoms. The van der Waals surface area contributed by atoms with E-state index in [0.717, 1.165) is 5.56 Å². The number of rotatable bonds is 8. The summed E-state index contributed by atoms with van der Waals surface area (Å²) in [6.07, 6.45) is -0.616. The first kappa shape index (κ1) is 21.8. The summed E-state index contributed by atoms with van der Waals surface area (Å²) in [5.41, 5.74) is 1.69. The van der Waals surface area contributed by atoms with Crippen LogP contribution in [0.4, 0.5) is 0 Å². The fourth-order valence-electron chi connectivity index (χ4n) is 2.85. The Balaban J connectivity index is 2.56. The van der Waals surface area contributed by atoms with Gasteiger partial charge in [-0.2, -0.15) is 0 Å². The van der Waals surface area contributed by atoms with Crippen molar-refractivity contribution in [2.24, 2.45) is 0 Å². The lowest BCUT2D eigenvalue weighted by molar-refractivity contribution is -0.146. The fraction of sp³-hybridized carbons (Fsp3) is 0.364. The number of hydrogen-bond donors (Lipinski definition) is 1. The van der Waals surface area contributed by atoms with Crippen LogP contribution in [-0.4, -0.2) is 28.9 Å². The zero-order chi connectivity index (χ0) is 20.7. The number of phenolic OH excluding ortho intramolecular Hbond substituents is 1. The Kier molecular flexibility index (Phi) is 7.93. The van der Waals surface area contributed by atoms with Gasteiger partial charge in [-0.05, 0) is 35.9 Å². The first-order chi connectivity index (χ1) is 13.3. The van der Waals surface area contributed by atoms with Crippen LogP contribution in [0.3, 0.4) is 0 Å². The Bertz CT molecular complexity index is 804. The molecule has 0 heterocycles. The molecule has 2 aromatic carbocycles. The highest BCUT2D eigenvalue weighted by Gasteiger charge is 2.31. The molecule has 2 unspecified atom stereocenters. The van der Waals surface area contributed by atoms with Gasteiger partial charge in [0.2, 0.25) is 0 Å². The number of aromatic hydroxyl groups is 1. The highest BCUT2D eigenvalue weighted by molar-refractivity contribution is 8.00. The van der Waals surface area contributed by atoms with Gasteiger partial charge in [0.15, 0.2) is 0 Å². The van der Waals surface area contributed by atoms with Gasteiger partial charge in [-0.25, -0.2) is 4.79 Å². The molecule has 0 fully saturated rings. The van der Waals surface area contributed by atoms with Gasteiger partial charge in [-0.1, -0.05) is 44.2 Å². The summed E-state index contributed by atoms with van der Waals surface area (Å²) in [6.45, 7) is 7.42. The highest BCUT2D eigenvalue weighted by atomic mass is 32.2. The van der Waals surface area contributed by atoms with E-state index in [-0.39, 0.29) is 17.6 Å². The molecule has 2 atom stereocenters. The van der Waals surface area contributed by atoms with E-state index in [2.05, 4.69) is 0 Å². The van der Waals surface area contributed by atoms with E-state index in [9.17, 15) is 14.7 Å². The SMILES string of the molecule is CCOC(=O)c1ccc(O)c(C(SC(C)C)C(OC(C)=O)c2ccccc2)c1. The van der Waals surface area contributed by atoms with Crippen LogP contribution in [0.5, 0.6) is 5.75 Å². The lowest BCUT2D eigenvalue weighted by Crippen LogP contribution is -2.17. The molecule has 1 N–H and O–H groups in total. The normalized spacial score (nSPS) is 13.0. The van der Waals surface area contributed by atoms with Crippen molar-refractivity contribution in [2.45, 2.75) is 44.3 Å². The average Bonchev–Trinajstić information content (AvgIpc) is 2.65. The number of thioether (sulfide) groups is 1. The van der Waals surface area contributed by atoms with Crippen molar-refractivity contribution in [1.82, 2.24) is 0 Å². The minimum atomic E-state index is -0.616. The maximum absolute atomic E-state index is 12.2. The third-order valence-corrected chi connectivity index (χ3v) is 5.30. The standard InChI is InChI=1S/C22H26O5S/c1-5-26-22(25)17-11-12-19(24)18(13-17)21(28-14(2)3)20(27-15(4)23)16-9-7-6-8-10-16/h6-14,20-21,24H,5H2,1-4H3. The van der Waals surface area contributed by atoms with Gasteiger partial charge in [-0.15, -0.1) is 11.8 Å². The number of benzene rings is 2. The first-order valence-corrected chi connectivity index (χ1v) is 10.1. The second-order valence-corrected chi connectivity index (χ2v) is 8.26. The average molecular weight is 403 g/mol. The van der Waals surface area contributed by atoms with E-state index < -0.39 is 23.3 Å². The zero-order valence-corrected chi connectivity index (χ0v) is 17.4. The third-order valence-electron chi connectivity index (χ3n) is 3.96. The molecule has 150 valence electrons. The van der Waals surface area contributed by atoms with E-state index in [4.69, 9.17) is 9.47 Å². The smallest absolute Gasteiger partial charge is 0.338 e. The third kappa shape index (κ3) is 5.76. The Morgan fingerprint density at radius 1 is 1.11 bits per heavy atom. The van der Waals surface area contributed by atoms with Gasteiger partial charge >= 0.3 is 11.9 Å². The van der Waals surface area contributed by atoms with Crippen LogP contribution in [0, 0.1) is 0 Å². The molecular formula is C22H26O5S. The van der Waals surface area contributed by atoms with E-state index in [1.165, 1.54) is 19.1 Å². The van der Waals surface area contributed by atoms with Crippen LogP contribution in [0.1, 0.15) is 60.5 Å². The maximum atomic E-state index is 12.2. The molecule has 2 aromatic rings. The summed E-state index contributed by atoms with van der Waals surface area (Å²) >= 11 is 1.56. The molecule has 0 spiro atoms. The summed E-state index contributed by atoms with van der Waals surface area (Å²) in [5, 5.41) is 10.3. The van der Waals surface area contributed by atoms with Crippen molar-refractivity contribution in [3.05, 3.63) is 65.2 Å². The summed E-state index contributed by atoms with van der Waals surface area (Å²) in [7, 11) is 0. The quantitative estimate of drug-likeness (QED) is 0.623. The number of carbonyl (C=O) groups is 2. The van der Waals surface area contributed by atoms with E-state index in [1.807, 2.05) is 44.2 Å². The summed E-state index contributed by atoms with van der Waals surface area (Å²) < 4.78 is 10.8. The molecule has 0 saturated carbocycles. The predicted molar refractivity (Wildman–Crippen MR) is 110 cm³/mol. The van der Waals surface area contributed by atoms with Gasteiger partial charge in [0.1, 0.15) is 11.9 Å². The Labute approximate surface area is 170 Å². The van der Waals surface area contributed by atoms with E-state index in [1.54, 1.807) is 24.8 Å². The second-order valence-electron chi connectivity index (χ2n) is 6.54. The number of hydrogen-bond acceptors (Lipinski definition) is 6. The summed E-state index contributed by atoms with van der Waals surface area (Å²) in [4.78, 5) is 24.0. The highest BCUT2D eigenvalue weighted by Crippen LogP contribution is 2.47. The number of esters is 2. The van der Waals surface area contributed by atoms with Gasteiger partial charge < -0.3 is 14.6 Å². The molecule has 0 aliphatic carbocycles. The van der Waals surface area contributed by atoms with Crippen molar-refractivity contribution in [1.29, 1.82) is 0 Å². The summed E-state index contributed by atoms with van der Waals surface area (Å²) in [5.74, 6) is -0.829. The Hall–Kier alpha value is -2.47. The molecule has 0 radical (unpaired) electrons. The maximum Gasteiger partial charge on any atom is 0.338 e. The predicted octanol–water partition coefficient (Wildman–Crippen LogP) is 5.06. The van der Waals surface area contributed by atoms with Gasteiger partial charge in [0.25, 0.3) is 0 Å². The molecule has 6 heteroatoms. The van der Waals surface area contributed by atoms with Crippen molar-refractivity contribution >= 4 is 23.7 Å². The number of ether oxygens (including phenoxy) is 2. The van der Waals surface area contributed by atoms with Crippen LogP contribution >= 0.6 is 11.8 Å². The molecule has 5 nitrogen and oxygen atoms in total. The first-order valence-electron chi connectivity index (χ1n) is 9.21. The minimum Gasteiger partial charge on any atom is -0.508 e. The van der Waals surface area contributed by atoms with Gasteiger partial charge in [-0.3, -0.25) is 4.79 Å². The van der Waals surface area contributed by atoms with Crippen LogP contribution < -0.4 is 0 Å². The molecule has 0 saturated heterocycles. The minimum absolute atomic E-state index is 0.0410. The zero-order valence-electron chi connectivity index (χ0n) is 16.5. The van der Waals surface area contributed by atoms with Crippen molar-refractivity contribution in [3.8, 4) is 5.75 Å². The van der Waals surface area contributed by atoms with Crippen LogP contribution in [0.25, 0.3) is 0 Å². The topological polar surface area (TPSA) is 72.8 Å². The van der Waals surface area contributed by atoms with E-state index >= 15 is 0 Å². The molecule has 0 amide bonds. The van der Waals surface area contributed by atoms with Crippen LogP contribution in [-0.2, 0) is 14.3 Å². The molecule has 0 aliphatic rings. The van der Waals surface area contributed by atoms with Crippen molar-refractivity contribution < 1.29 is 24.2 Å². The van der Waals surface area contributed by atoms with Crippen molar-refractivity contribution in [2.75, 3.05) is 6.61 Å². The summed E-state index contributed by atoms with van der Waals surface area (Å²) in [6, 6.07) is 14.0. The van der Waals surface area contributed by atoms with Crippen LogP contribution in [0.15, 0.2) is 48.5 Å². The molecule has 0 bridgehead atoms. The second kappa shape index (κ2) is 10.2. The molecule has 2 rings (SSSR count). The largest absolute Gasteiger partial charge is 0.508 e. The van der Waals surface area contributed by atoms with Gasteiger partial charge in [0, 0.05) is 12.5 Å². The molecule has 0 aliphatic heterocycles.